The van der Waals surface area contributed by atoms with Crippen molar-refractivity contribution in [1.82, 2.24) is 15.0 Å². The van der Waals surface area contributed by atoms with Gasteiger partial charge in [0.05, 0.1) is 22.8 Å². The van der Waals surface area contributed by atoms with Gasteiger partial charge in [0.15, 0.2) is 0 Å². The molecule has 0 aliphatic carbocycles. The zero-order chi connectivity index (χ0) is 13.8. The maximum absolute atomic E-state index is 11.8. The maximum Gasteiger partial charge on any atom is 0.260 e. The van der Waals surface area contributed by atoms with E-state index in [1.54, 1.807) is 30.6 Å². The summed E-state index contributed by atoms with van der Waals surface area (Å²) in [6.45, 7) is 0. The number of benzene rings is 1. The molecule has 0 unspecified atom stereocenters. The molecule has 6 nitrogen and oxygen atoms in total. The molecule has 6 heteroatoms. The minimum absolute atomic E-state index is 0.203. The fourth-order valence-corrected chi connectivity index (χ4v) is 1.75. The lowest BCUT2D eigenvalue weighted by molar-refractivity contribution is 1.12. The Kier molecular flexibility index (Phi) is 3.20. The summed E-state index contributed by atoms with van der Waals surface area (Å²) in [4.78, 5) is 22.8. The monoisotopic (exact) mass is 265 g/mol. The van der Waals surface area contributed by atoms with Crippen molar-refractivity contribution in [3.63, 3.8) is 0 Å². The predicted molar refractivity (Wildman–Crippen MR) is 77.8 cm³/mol. The first kappa shape index (κ1) is 12.0. The van der Waals surface area contributed by atoms with Crippen molar-refractivity contribution in [3.8, 4) is 0 Å². The molecule has 20 heavy (non-hydrogen) atoms. The number of para-hydroxylation sites is 1. The largest absolute Gasteiger partial charge is 0.291 e. The lowest BCUT2D eigenvalue weighted by Crippen LogP contribution is -2.11. The maximum atomic E-state index is 11.8. The fraction of sp³-hybridized carbons (Fsp3) is 0. The molecule has 2 N–H and O–H groups in total. The molecule has 0 bridgehead atoms. The van der Waals surface area contributed by atoms with Gasteiger partial charge in [-0.3, -0.25) is 14.8 Å². The number of nitrogens with one attached hydrogen (secondary N) is 2. The van der Waals surface area contributed by atoms with Gasteiger partial charge >= 0.3 is 0 Å². The van der Waals surface area contributed by atoms with Crippen LogP contribution in [0, 0.1) is 0 Å². The SMILES string of the molecule is O=c1[nH]c(NN=Cc2ccccn2)nc2ccccc12. The van der Waals surface area contributed by atoms with E-state index in [4.69, 9.17) is 0 Å². The number of hydrazone groups is 1. The molecular weight excluding hydrogens is 254 g/mol. The predicted octanol–water partition coefficient (Wildman–Crippen LogP) is 1.76. The molecule has 0 aliphatic rings. The smallest absolute Gasteiger partial charge is 0.260 e. The number of pyridine rings is 1. The van der Waals surface area contributed by atoms with Crippen LogP contribution < -0.4 is 11.0 Å². The molecular formula is C14H11N5O. The van der Waals surface area contributed by atoms with Gasteiger partial charge < -0.3 is 0 Å². The third-order valence-corrected chi connectivity index (χ3v) is 2.67. The van der Waals surface area contributed by atoms with Crippen LogP contribution in [0.1, 0.15) is 5.69 Å². The molecule has 0 saturated heterocycles. The summed E-state index contributed by atoms with van der Waals surface area (Å²) in [5.41, 5.74) is 3.81. The van der Waals surface area contributed by atoms with Gasteiger partial charge in [-0.15, -0.1) is 0 Å². The first-order valence-corrected chi connectivity index (χ1v) is 6.02. The van der Waals surface area contributed by atoms with Crippen LogP contribution in [-0.2, 0) is 0 Å². The van der Waals surface area contributed by atoms with E-state index in [0.717, 1.165) is 0 Å². The Bertz CT molecular complexity index is 810. The first-order valence-electron chi connectivity index (χ1n) is 6.02. The quantitative estimate of drug-likeness (QED) is 0.558. The van der Waals surface area contributed by atoms with Gasteiger partial charge in [-0.1, -0.05) is 18.2 Å². The van der Waals surface area contributed by atoms with Crippen LogP contribution in [-0.4, -0.2) is 21.2 Å². The molecule has 0 aliphatic heterocycles. The van der Waals surface area contributed by atoms with Gasteiger partial charge in [-0.05, 0) is 24.3 Å². The summed E-state index contributed by atoms with van der Waals surface area (Å²) in [5.74, 6) is 0.292. The van der Waals surface area contributed by atoms with Gasteiger partial charge in [0, 0.05) is 6.20 Å². The summed E-state index contributed by atoms with van der Waals surface area (Å²) in [7, 11) is 0. The number of H-pyrrole nitrogens is 1. The average Bonchev–Trinajstić information content (AvgIpc) is 2.48. The van der Waals surface area contributed by atoms with Gasteiger partial charge in [-0.25, -0.2) is 10.4 Å². The molecule has 3 rings (SSSR count). The van der Waals surface area contributed by atoms with Crippen LogP contribution in [0.2, 0.25) is 0 Å². The number of rotatable bonds is 3. The number of aromatic amines is 1. The Hall–Kier alpha value is -3.02. The standard InChI is InChI=1S/C14H11N5O/c20-13-11-6-1-2-7-12(11)17-14(18-13)19-16-9-10-5-3-4-8-15-10/h1-9H,(H2,17,18,19,20). The minimum atomic E-state index is -0.203. The van der Waals surface area contributed by atoms with Crippen LogP contribution in [0.15, 0.2) is 58.6 Å². The molecule has 0 spiro atoms. The van der Waals surface area contributed by atoms with E-state index < -0.39 is 0 Å². The average molecular weight is 265 g/mol. The molecule has 3 aromatic rings. The number of anilines is 1. The molecule has 0 radical (unpaired) electrons. The summed E-state index contributed by atoms with van der Waals surface area (Å²) in [5, 5.41) is 4.54. The Morgan fingerprint density at radius 1 is 1.15 bits per heavy atom. The first-order chi connectivity index (χ1) is 9.83. The van der Waals surface area contributed by atoms with Crippen LogP contribution >= 0.6 is 0 Å². The second kappa shape index (κ2) is 5.31. The summed E-state index contributed by atoms with van der Waals surface area (Å²) in [6, 6.07) is 12.6. The zero-order valence-electron chi connectivity index (χ0n) is 10.4. The lowest BCUT2D eigenvalue weighted by atomic mass is 10.2. The lowest BCUT2D eigenvalue weighted by Gasteiger charge is -2.01. The number of aromatic nitrogens is 3. The Morgan fingerprint density at radius 3 is 2.85 bits per heavy atom. The number of nitrogens with zero attached hydrogens (tertiary/aromatic N) is 3. The minimum Gasteiger partial charge on any atom is -0.291 e. The van der Waals surface area contributed by atoms with E-state index in [-0.39, 0.29) is 5.56 Å². The van der Waals surface area contributed by atoms with Crippen molar-refractivity contribution < 1.29 is 0 Å². The summed E-state index contributed by atoms with van der Waals surface area (Å²) < 4.78 is 0. The zero-order valence-corrected chi connectivity index (χ0v) is 10.4. The molecule has 0 fully saturated rings. The summed E-state index contributed by atoms with van der Waals surface area (Å²) in [6.07, 6.45) is 3.23. The molecule has 98 valence electrons. The van der Waals surface area contributed by atoms with Crippen molar-refractivity contribution >= 4 is 23.1 Å². The van der Waals surface area contributed by atoms with Crippen LogP contribution in [0.25, 0.3) is 10.9 Å². The topological polar surface area (TPSA) is 83.0 Å². The molecule has 2 heterocycles. The number of fused-ring (bicyclic) bond motifs is 1. The van der Waals surface area contributed by atoms with E-state index in [0.29, 0.717) is 22.5 Å². The second-order valence-electron chi connectivity index (χ2n) is 4.06. The van der Waals surface area contributed by atoms with Gasteiger partial charge in [-0.2, -0.15) is 5.10 Å². The summed E-state index contributed by atoms with van der Waals surface area (Å²) >= 11 is 0. The fourth-order valence-electron chi connectivity index (χ4n) is 1.75. The van der Waals surface area contributed by atoms with Crippen molar-refractivity contribution in [1.29, 1.82) is 0 Å². The van der Waals surface area contributed by atoms with Crippen molar-refractivity contribution in [3.05, 3.63) is 64.7 Å². The Morgan fingerprint density at radius 2 is 2.00 bits per heavy atom. The highest BCUT2D eigenvalue weighted by Gasteiger charge is 2.01. The highest BCUT2D eigenvalue weighted by Crippen LogP contribution is 2.07. The van der Waals surface area contributed by atoms with Crippen molar-refractivity contribution in [2.24, 2.45) is 5.10 Å². The van der Waals surface area contributed by atoms with E-state index in [9.17, 15) is 4.79 Å². The van der Waals surface area contributed by atoms with E-state index in [1.165, 1.54) is 0 Å². The molecule has 2 aromatic heterocycles. The van der Waals surface area contributed by atoms with Gasteiger partial charge in [0.2, 0.25) is 5.95 Å². The van der Waals surface area contributed by atoms with Gasteiger partial charge in [0.25, 0.3) is 5.56 Å². The number of hydrogen-bond donors (Lipinski definition) is 2. The molecule has 1 aromatic carbocycles. The number of hydrogen-bond acceptors (Lipinski definition) is 5. The second-order valence-corrected chi connectivity index (χ2v) is 4.06. The highest BCUT2D eigenvalue weighted by molar-refractivity contribution is 5.79. The van der Waals surface area contributed by atoms with E-state index >= 15 is 0 Å². The van der Waals surface area contributed by atoms with Crippen LogP contribution in [0.4, 0.5) is 5.95 Å². The van der Waals surface area contributed by atoms with Gasteiger partial charge in [0.1, 0.15) is 0 Å². The molecule has 0 amide bonds. The Balaban J connectivity index is 1.85. The van der Waals surface area contributed by atoms with E-state index in [1.807, 2.05) is 24.3 Å². The third-order valence-electron chi connectivity index (χ3n) is 2.67. The van der Waals surface area contributed by atoms with Crippen molar-refractivity contribution in [2.45, 2.75) is 0 Å². The van der Waals surface area contributed by atoms with Crippen LogP contribution in [0.3, 0.4) is 0 Å². The van der Waals surface area contributed by atoms with E-state index in [2.05, 4.69) is 25.5 Å². The normalized spacial score (nSPS) is 11.0. The molecule has 0 atom stereocenters. The highest BCUT2D eigenvalue weighted by atomic mass is 16.1. The van der Waals surface area contributed by atoms with Crippen molar-refractivity contribution in [2.75, 3.05) is 5.43 Å². The third kappa shape index (κ3) is 2.54. The Labute approximate surface area is 114 Å². The van der Waals surface area contributed by atoms with Crippen LogP contribution in [0.5, 0.6) is 0 Å². The molecule has 0 saturated carbocycles.